The van der Waals surface area contributed by atoms with E-state index >= 15 is 0 Å². The molecule has 0 aliphatic heterocycles. The van der Waals surface area contributed by atoms with E-state index in [0.29, 0.717) is 6.04 Å². The standard InChI is InChI=1S/C19H24BrN/c1-4-10-21-19(13-16-7-5-6-14(2)11-16)18-9-8-17(20)12-15(18)3/h5-9,11-12,19,21H,4,10,13H2,1-3H3. The fraction of sp³-hybridized carbons (Fsp3) is 0.368. The summed E-state index contributed by atoms with van der Waals surface area (Å²) in [4.78, 5) is 0. The Bertz CT molecular complexity index is 592. The summed E-state index contributed by atoms with van der Waals surface area (Å²) < 4.78 is 1.15. The zero-order valence-electron chi connectivity index (χ0n) is 13.1. The number of halogens is 1. The van der Waals surface area contributed by atoms with Crippen molar-refractivity contribution < 1.29 is 0 Å². The lowest BCUT2D eigenvalue weighted by atomic mass is 9.94. The van der Waals surface area contributed by atoms with Crippen LogP contribution in [0.3, 0.4) is 0 Å². The molecular formula is C19H24BrN. The van der Waals surface area contributed by atoms with Crippen molar-refractivity contribution in [1.82, 2.24) is 5.32 Å². The van der Waals surface area contributed by atoms with Gasteiger partial charge in [-0.1, -0.05) is 58.7 Å². The first-order valence-corrected chi connectivity index (χ1v) is 8.44. The highest BCUT2D eigenvalue weighted by Crippen LogP contribution is 2.25. The summed E-state index contributed by atoms with van der Waals surface area (Å²) in [7, 11) is 0. The van der Waals surface area contributed by atoms with Crippen LogP contribution in [0.5, 0.6) is 0 Å². The number of aryl methyl sites for hydroxylation is 2. The first kappa shape index (κ1) is 16.3. The molecule has 2 aromatic rings. The summed E-state index contributed by atoms with van der Waals surface area (Å²) in [5, 5.41) is 3.70. The molecule has 0 heterocycles. The maximum Gasteiger partial charge on any atom is 0.0363 e. The van der Waals surface area contributed by atoms with Gasteiger partial charge in [0.25, 0.3) is 0 Å². The average Bonchev–Trinajstić information content (AvgIpc) is 2.44. The summed E-state index contributed by atoms with van der Waals surface area (Å²) in [5.41, 5.74) is 5.46. The maximum atomic E-state index is 3.70. The fourth-order valence-electron chi connectivity index (χ4n) is 2.72. The zero-order chi connectivity index (χ0) is 15.2. The lowest BCUT2D eigenvalue weighted by molar-refractivity contribution is 0.527. The van der Waals surface area contributed by atoms with Gasteiger partial charge in [-0.05, 0) is 62.1 Å². The van der Waals surface area contributed by atoms with Gasteiger partial charge in [0, 0.05) is 10.5 Å². The molecule has 0 aliphatic carbocycles. The molecule has 0 spiro atoms. The third-order valence-electron chi connectivity index (χ3n) is 3.77. The SMILES string of the molecule is CCCNC(Cc1cccc(C)c1)c1ccc(Br)cc1C. The van der Waals surface area contributed by atoms with E-state index in [2.05, 4.69) is 84.5 Å². The molecule has 1 nitrogen and oxygen atoms in total. The van der Waals surface area contributed by atoms with Crippen LogP contribution in [0, 0.1) is 13.8 Å². The minimum atomic E-state index is 0.375. The molecule has 0 aliphatic rings. The Morgan fingerprint density at radius 1 is 1.10 bits per heavy atom. The number of hydrogen-bond donors (Lipinski definition) is 1. The van der Waals surface area contributed by atoms with Gasteiger partial charge < -0.3 is 5.32 Å². The fourth-order valence-corrected chi connectivity index (χ4v) is 3.19. The van der Waals surface area contributed by atoms with Gasteiger partial charge in [-0.15, -0.1) is 0 Å². The predicted molar refractivity (Wildman–Crippen MR) is 94.8 cm³/mol. The topological polar surface area (TPSA) is 12.0 Å². The highest BCUT2D eigenvalue weighted by atomic mass is 79.9. The zero-order valence-corrected chi connectivity index (χ0v) is 14.7. The molecule has 1 unspecified atom stereocenters. The molecule has 0 fully saturated rings. The summed E-state index contributed by atoms with van der Waals surface area (Å²) in [5.74, 6) is 0. The molecule has 0 amide bonds. The lowest BCUT2D eigenvalue weighted by Gasteiger charge is -2.21. The van der Waals surface area contributed by atoms with Crippen LogP contribution < -0.4 is 5.32 Å². The number of benzene rings is 2. The van der Waals surface area contributed by atoms with E-state index in [9.17, 15) is 0 Å². The predicted octanol–water partition coefficient (Wildman–Crippen LogP) is 5.35. The van der Waals surface area contributed by atoms with Crippen molar-refractivity contribution in [2.45, 2.75) is 39.7 Å². The van der Waals surface area contributed by atoms with Gasteiger partial charge in [0.05, 0.1) is 0 Å². The van der Waals surface area contributed by atoms with Gasteiger partial charge in [0.2, 0.25) is 0 Å². The molecule has 0 saturated heterocycles. The van der Waals surface area contributed by atoms with Crippen molar-refractivity contribution in [3.63, 3.8) is 0 Å². The van der Waals surface area contributed by atoms with Crippen LogP contribution in [-0.2, 0) is 6.42 Å². The van der Waals surface area contributed by atoms with Crippen LogP contribution >= 0.6 is 15.9 Å². The van der Waals surface area contributed by atoms with E-state index in [1.165, 1.54) is 22.3 Å². The van der Waals surface area contributed by atoms with E-state index in [1.807, 2.05) is 0 Å². The van der Waals surface area contributed by atoms with Gasteiger partial charge in [-0.25, -0.2) is 0 Å². The lowest BCUT2D eigenvalue weighted by Crippen LogP contribution is -2.24. The molecule has 2 aromatic carbocycles. The van der Waals surface area contributed by atoms with Gasteiger partial charge >= 0.3 is 0 Å². The summed E-state index contributed by atoms with van der Waals surface area (Å²) in [6.45, 7) is 7.61. The van der Waals surface area contributed by atoms with Crippen LogP contribution in [0.4, 0.5) is 0 Å². The van der Waals surface area contributed by atoms with E-state index in [-0.39, 0.29) is 0 Å². The van der Waals surface area contributed by atoms with E-state index in [0.717, 1.165) is 23.9 Å². The third-order valence-corrected chi connectivity index (χ3v) is 4.26. The van der Waals surface area contributed by atoms with Crippen LogP contribution in [-0.4, -0.2) is 6.54 Å². The van der Waals surface area contributed by atoms with E-state index in [1.54, 1.807) is 0 Å². The third kappa shape index (κ3) is 4.69. The molecule has 0 radical (unpaired) electrons. The molecule has 0 aromatic heterocycles. The van der Waals surface area contributed by atoms with E-state index in [4.69, 9.17) is 0 Å². The summed E-state index contributed by atoms with van der Waals surface area (Å²) >= 11 is 3.55. The molecule has 1 N–H and O–H groups in total. The van der Waals surface area contributed by atoms with Crippen molar-refractivity contribution in [2.24, 2.45) is 0 Å². The number of hydrogen-bond acceptors (Lipinski definition) is 1. The van der Waals surface area contributed by atoms with Crippen LogP contribution in [0.15, 0.2) is 46.9 Å². The van der Waals surface area contributed by atoms with Crippen molar-refractivity contribution in [1.29, 1.82) is 0 Å². The normalized spacial score (nSPS) is 12.4. The first-order valence-electron chi connectivity index (χ1n) is 7.65. The van der Waals surface area contributed by atoms with Crippen molar-refractivity contribution in [2.75, 3.05) is 6.54 Å². The summed E-state index contributed by atoms with van der Waals surface area (Å²) in [6.07, 6.45) is 2.18. The Labute approximate surface area is 136 Å². The second kappa shape index (κ2) is 7.77. The van der Waals surface area contributed by atoms with E-state index < -0.39 is 0 Å². The van der Waals surface area contributed by atoms with Gasteiger partial charge in [0.15, 0.2) is 0 Å². The van der Waals surface area contributed by atoms with Crippen molar-refractivity contribution >= 4 is 15.9 Å². The molecule has 1 atom stereocenters. The van der Waals surface area contributed by atoms with Crippen LogP contribution in [0.1, 0.15) is 41.6 Å². The smallest absolute Gasteiger partial charge is 0.0363 e. The molecule has 21 heavy (non-hydrogen) atoms. The molecule has 0 bridgehead atoms. The maximum absolute atomic E-state index is 3.70. The quantitative estimate of drug-likeness (QED) is 0.743. The monoisotopic (exact) mass is 345 g/mol. The minimum Gasteiger partial charge on any atom is -0.310 e. The Morgan fingerprint density at radius 2 is 1.90 bits per heavy atom. The largest absolute Gasteiger partial charge is 0.310 e. The van der Waals surface area contributed by atoms with Crippen molar-refractivity contribution in [3.05, 3.63) is 69.2 Å². The molecule has 0 saturated carbocycles. The molecule has 2 heteroatoms. The van der Waals surface area contributed by atoms with Gasteiger partial charge in [-0.2, -0.15) is 0 Å². The molecular weight excluding hydrogens is 322 g/mol. The van der Waals surface area contributed by atoms with Gasteiger partial charge in [-0.3, -0.25) is 0 Å². The Hall–Kier alpha value is -1.12. The average molecular weight is 346 g/mol. The Kier molecular flexibility index (Phi) is 6.01. The second-order valence-corrected chi connectivity index (χ2v) is 6.62. The Morgan fingerprint density at radius 3 is 2.57 bits per heavy atom. The Balaban J connectivity index is 2.25. The minimum absolute atomic E-state index is 0.375. The highest BCUT2D eigenvalue weighted by Gasteiger charge is 2.14. The van der Waals surface area contributed by atoms with Crippen molar-refractivity contribution in [3.8, 4) is 0 Å². The summed E-state index contributed by atoms with van der Waals surface area (Å²) in [6, 6.07) is 15.8. The van der Waals surface area contributed by atoms with Crippen LogP contribution in [0.2, 0.25) is 0 Å². The van der Waals surface area contributed by atoms with Crippen LogP contribution in [0.25, 0.3) is 0 Å². The number of nitrogens with one attached hydrogen (secondary N) is 1. The first-order chi connectivity index (χ1) is 10.1. The second-order valence-electron chi connectivity index (χ2n) is 5.70. The molecule has 2 rings (SSSR count). The molecule has 112 valence electrons. The number of rotatable bonds is 6. The highest BCUT2D eigenvalue weighted by molar-refractivity contribution is 9.10. The van der Waals surface area contributed by atoms with Gasteiger partial charge in [0.1, 0.15) is 0 Å².